The smallest absolute Gasteiger partial charge is 0.269 e. The molecule has 1 aliphatic rings. The molecule has 1 N–H and O–H groups in total. The Labute approximate surface area is 150 Å². The Balaban J connectivity index is 1.72. The highest BCUT2D eigenvalue weighted by Crippen LogP contribution is 2.37. The number of nitro groups is 1. The third-order valence-electron chi connectivity index (χ3n) is 3.91. The molecular weight excluding hydrogens is 336 g/mol. The van der Waals surface area contributed by atoms with Crippen LogP contribution >= 0.6 is 0 Å². The molecule has 1 aliphatic heterocycles. The molecule has 0 atom stereocenters. The minimum Gasteiger partial charge on any atom is -0.454 e. The normalized spacial score (nSPS) is 12.3. The Morgan fingerprint density at radius 3 is 2.58 bits per heavy atom. The zero-order chi connectivity index (χ0) is 18.5. The van der Waals surface area contributed by atoms with Crippen LogP contribution in [0.15, 0.2) is 42.5 Å². The Morgan fingerprint density at radius 1 is 1.23 bits per heavy atom. The summed E-state index contributed by atoms with van der Waals surface area (Å²) in [6.45, 7) is 2.24. The van der Waals surface area contributed by atoms with Crippen LogP contribution < -0.4 is 14.8 Å². The van der Waals surface area contributed by atoms with Crippen molar-refractivity contribution in [2.75, 3.05) is 12.1 Å². The molecule has 2 aromatic rings. The van der Waals surface area contributed by atoms with Crippen LogP contribution in [0.25, 0.3) is 6.08 Å². The van der Waals surface area contributed by atoms with E-state index in [1.165, 1.54) is 18.2 Å². The fourth-order valence-corrected chi connectivity index (χ4v) is 2.63. The Bertz CT molecular complexity index is 859. The number of rotatable bonds is 6. The first kappa shape index (κ1) is 17.5. The number of ether oxygens (including phenoxy) is 2. The van der Waals surface area contributed by atoms with Crippen LogP contribution in [0.3, 0.4) is 0 Å². The lowest BCUT2D eigenvalue weighted by Gasteiger charge is -2.10. The summed E-state index contributed by atoms with van der Waals surface area (Å²) in [4.78, 5) is 22.4. The van der Waals surface area contributed by atoms with Crippen LogP contribution in [-0.4, -0.2) is 17.6 Å². The highest BCUT2D eigenvalue weighted by atomic mass is 16.7. The number of aryl methyl sites for hydroxylation is 1. The minimum atomic E-state index is -0.463. The Kier molecular flexibility index (Phi) is 5.17. The minimum absolute atomic E-state index is 0.0103. The first-order valence-electron chi connectivity index (χ1n) is 8.23. The molecular formula is C19H18N2O5. The second-order valence-corrected chi connectivity index (χ2v) is 5.78. The number of nitrogens with one attached hydrogen (secondary N) is 1. The average molecular weight is 354 g/mol. The number of nitro benzene ring substituents is 1. The number of non-ortho nitro benzene ring substituents is 1. The fraction of sp³-hybridized carbons (Fsp3) is 0.211. The van der Waals surface area contributed by atoms with Gasteiger partial charge in [-0.2, -0.15) is 0 Å². The van der Waals surface area contributed by atoms with Gasteiger partial charge < -0.3 is 14.8 Å². The van der Waals surface area contributed by atoms with Gasteiger partial charge in [0.2, 0.25) is 12.7 Å². The van der Waals surface area contributed by atoms with Crippen molar-refractivity contribution in [3.63, 3.8) is 0 Å². The SMILES string of the molecule is CCCc1cc2c(cc1NC(=O)/C=C/c1ccc([N+](=O)[O-])cc1)OCO2. The summed E-state index contributed by atoms with van der Waals surface area (Å²) in [6.07, 6.45) is 4.73. The van der Waals surface area contributed by atoms with Crippen molar-refractivity contribution >= 4 is 23.4 Å². The number of anilines is 1. The van der Waals surface area contributed by atoms with E-state index in [0.29, 0.717) is 22.7 Å². The summed E-state index contributed by atoms with van der Waals surface area (Å²) in [5, 5.41) is 13.5. The molecule has 7 heteroatoms. The lowest BCUT2D eigenvalue weighted by molar-refractivity contribution is -0.384. The molecule has 0 saturated carbocycles. The molecule has 0 spiro atoms. The lowest BCUT2D eigenvalue weighted by Crippen LogP contribution is -2.10. The van der Waals surface area contributed by atoms with Crippen molar-refractivity contribution in [3.8, 4) is 11.5 Å². The van der Waals surface area contributed by atoms with Gasteiger partial charge in [-0.3, -0.25) is 14.9 Å². The van der Waals surface area contributed by atoms with E-state index in [1.54, 1.807) is 24.3 Å². The third-order valence-corrected chi connectivity index (χ3v) is 3.91. The van der Waals surface area contributed by atoms with Crippen molar-refractivity contribution < 1.29 is 19.2 Å². The van der Waals surface area contributed by atoms with Gasteiger partial charge in [0, 0.05) is 30.0 Å². The van der Waals surface area contributed by atoms with Gasteiger partial charge in [-0.05, 0) is 41.8 Å². The van der Waals surface area contributed by atoms with Crippen molar-refractivity contribution in [2.45, 2.75) is 19.8 Å². The average Bonchev–Trinajstić information content (AvgIpc) is 3.08. The molecule has 0 aromatic heterocycles. The molecule has 1 heterocycles. The van der Waals surface area contributed by atoms with Crippen molar-refractivity contribution in [1.29, 1.82) is 0 Å². The van der Waals surface area contributed by atoms with E-state index in [9.17, 15) is 14.9 Å². The zero-order valence-electron chi connectivity index (χ0n) is 14.2. The van der Waals surface area contributed by atoms with Crippen LogP contribution in [0.4, 0.5) is 11.4 Å². The maximum Gasteiger partial charge on any atom is 0.269 e. The number of carbonyl (C=O) groups excluding carboxylic acids is 1. The monoisotopic (exact) mass is 354 g/mol. The van der Waals surface area contributed by atoms with Crippen LogP contribution in [0, 0.1) is 10.1 Å². The second kappa shape index (κ2) is 7.69. The van der Waals surface area contributed by atoms with Crippen molar-refractivity contribution in [3.05, 3.63) is 63.7 Å². The third kappa shape index (κ3) is 4.00. The highest BCUT2D eigenvalue weighted by molar-refractivity contribution is 6.02. The molecule has 0 fully saturated rings. The van der Waals surface area contributed by atoms with Gasteiger partial charge in [0.15, 0.2) is 11.5 Å². The first-order valence-corrected chi connectivity index (χ1v) is 8.23. The van der Waals surface area contributed by atoms with Gasteiger partial charge in [-0.25, -0.2) is 0 Å². The molecule has 0 aliphatic carbocycles. The summed E-state index contributed by atoms with van der Waals surface area (Å²) in [7, 11) is 0. The zero-order valence-corrected chi connectivity index (χ0v) is 14.2. The fourth-order valence-electron chi connectivity index (χ4n) is 2.63. The molecule has 0 radical (unpaired) electrons. The van der Waals surface area contributed by atoms with Gasteiger partial charge >= 0.3 is 0 Å². The molecule has 0 saturated heterocycles. The standard InChI is InChI=1S/C19H18N2O5/c1-2-3-14-10-17-18(26-12-25-17)11-16(14)20-19(22)9-6-13-4-7-15(8-5-13)21(23)24/h4-11H,2-3,12H2,1H3,(H,20,22)/b9-6+. The quantitative estimate of drug-likeness (QED) is 0.482. The van der Waals surface area contributed by atoms with Crippen molar-refractivity contribution in [1.82, 2.24) is 0 Å². The van der Waals surface area contributed by atoms with Gasteiger partial charge in [-0.15, -0.1) is 0 Å². The second-order valence-electron chi connectivity index (χ2n) is 5.78. The number of hydrogen-bond donors (Lipinski definition) is 1. The van der Waals surface area contributed by atoms with E-state index in [2.05, 4.69) is 12.2 Å². The number of carbonyl (C=O) groups is 1. The van der Waals surface area contributed by atoms with E-state index in [4.69, 9.17) is 9.47 Å². The van der Waals surface area contributed by atoms with E-state index in [0.717, 1.165) is 18.4 Å². The molecule has 0 bridgehead atoms. The van der Waals surface area contributed by atoms with Crippen LogP contribution in [-0.2, 0) is 11.2 Å². The number of fused-ring (bicyclic) bond motifs is 1. The Hall–Kier alpha value is -3.35. The maximum atomic E-state index is 12.2. The molecule has 7 nitrogen and oxygen atoms in total. The van der Waals surface area contributed by atoms with Gasteiger partial charge in [0.1, 0.15) is 0 Å². The van der Waals surface area contributed by atoms with E-state index < -0.39 is 4.92 Å². The topological polar surface area (TPSA) is 90.7 Å². The summed E-state index contributed by atoms with van der Waals surface area (Å²) >= 11 is 0. The highest BCUT2D eigenvalue weighted by Gasteiger charge is 2.17. The largest absolute Gasteiger partial charge is 0.454 e. The Morgan fingerprint density at radius 2 is 1.92 bits per heavy atom. The summed E-state index contributed by atoms with van der Waals surface area (Å²) in [6, 6.07) is 9.63. The van der Waals surface area contributed by atoms with Crippen molar-refractivity contribution in [2.24, 2.45) is 0 Å². The van der Waals surface area contributed by atoms with Gasteiger partial charge in [0.25, 0.3) is 5.69 Å². The predicted molar refractivity (Wildman–Crippen MR) is 97.3 cm³/mol. The summed E-state index contributed by atoms with van der Waals surface area (Å²) < 4.78 is 10.7. The molecule has 0 unspecified atom stereocenters. The predicted octanol–water partition coefficient (Wildman–Crippen LogP) is 3.93. The van der Waals surface area contributed by atoms with Gasteiger partial charge in [-0.1, -0.05) is 13.3 Å². The maximum absolute atomic E-state index is 12.2. The number of benzene rings is 2. The molecule has 26 heavy (non-hydrogen) atoms. The lowest BCUT2D eigenvalue weighted by atomic mass is 10.1. The number of amides is 1. The van der Waals surface area contributed by atoms with Crippen LogP contribution in [0.1, 0.15) is 24.5 Å². The number of nitrogens with zero attached hydrogens (tertiary/aromatic N) is 1. The molecule has 3 rings (SSSR count). The number of hydrogen-bond acceptors (Lipinski definition) is 5. The van der Waals surface area contributed by atoms with Crippen LogP contribution in [0.2, 0.25) is 0 Å². The first-order chi connectivity index (χ1) is 12.6. The molecule has 1 amide bonds. The van der Waals surface area contributed by atoms with Gasteiger partial charge in [0.05, 0.1) is 4.92 Å². The van der Waals surface area contributed by atoms with E-state index >= 15 is 0 Å². The van der Waals surface area contributed by atoms with E-state index in [1.807, 2.05) is 6.07 Å². The molecule has 134 valence electrons. The van der Waals surface area contributed by atoms with E-state index in [-0.39, 0.29) is 18.4 Å². The molecule has 2 aromatic carbocycles. The summed E-state index contributed by atoms with van der Waals surface area (Å²) in [5.41, 5.74) is 2.38. The summed E-state index contributed by atoms with van der Waals surface area (Å²) in [5.74, 6) is 1.01. The van der Waals surface area contributed by atoms with Crippen LogP contribution in [0.5, 0.6) is 11.5 Å².